The van der Waals surface area contributed by atoms with Crippen LogP contribution in [0.5, 0.6) is 0 Å². The number of hydrogen-bond donors (Lipinski definition) is 1. The highest BCUT2D eigenvalue weighted by molar-refractivity contribution is 7.09. The van der Waals surface area contributed by atoms with E-state index in [-0.39, 0.29) is 18.5 Å². The number of nitrogens with one attached hydrogen (secondary N) is 1. The number of aromatic nitrogens is 1. The SMILES string of the molecule is O=C1NC2(CCc3ccccc3C2)C(=O)N1Cc1csc(Cc2ccccc2)n1. The van der Waals surface area contributed by atoms with Gasteiger partial charge in [-0.2, -0.15) is 0 Å². The molecule has 3 aromatic rings. The molecule has 0 radical (unpaired) electrons. The molecule has 1 saturated heterocycles. The van der Waals surface area contributed by atoms with Gasteiger partial charge in [-0.3, -0.25) is 9.69 Å². The first-order chi connectivity index (χ1) is 14.1. The normalized spacial score (nSPS) is 20.8. The van der Waals surface area contributed by atoms with Crippen molar-refractivity contribution in [1.29, 1.82) is 0 Å². The van der Waals surface area contributed by atoms with E-state index >= 15 is 0 Å². The summed E-state index contributed by atoms with van der Waals surface area (Å²) in [6.45, 7) is 0.222. The molecule has 5 nitrogen and oxygen atoms in total. The Bertz CT molecular complexity index is 1080. The van der Waals surface area contributed by atoms with Gasteiger partial charge in [-0.05, 0) is 29.5 Å². The fourth-order valence-electron chi connectivity index (χ4n) is 4.28. The predicted octanol–water partition coefficient (Wildman–Crippen LogP) is 3.71. The lowest BCUT2D eigenvalue weighted by Gasteiger charge is -2.32. The van der Waals surface area contributed by atoms with E-state index < -0.39 is 5.54 Å². The predicted molar refractivity (Wildman–Crippen MR) is 112 cm³/mol. The second kappa shape index (κ2) is 7.12. The molecule has 2 aromatic carbocycles. The van der Waals surface area contributed by atoms with Crippen LogP contribution in [0.1, 0.15) is 33.8 Å². The Morgan fingerprint density at radius 1 is 1.03 bits per heavy atom. The summed E-state index contributed by atoms with van der Waals surface area (Å²) in [6, 6.07) is 18.0. The fraction of sp³-hybridized carbons (Fsp3) is 0.261. The van der Waals surface area contributed by atoms with Crippen LogP contribution in [0.2, 0.25) is 0 Å². The smallest absolute Gasteiger partial charge is 0.323 e. The maximum Gasteiger partial charge on any atom is 0.325 e. The van der Waals surface area contributed by atoms with Crippen molar-refractivity contribution in [2.24, 2.45) is 0 Å². The van der Waals surface area contributed by atoms with E-state index in [1.165, 1.54) is 16.0 Å². The number of urea groups is 1. The zero-order chi connectivity index (χ0) is 19.8. The second-order valence-corrected chi connectivity index (χ2v) is 8.69. The molecule has 29 heavy (non-hydrogen) atoms. The van der Waals surface area contributed by atoms with Gasteiger partial charge in [0.1, 0.15) is 5.54 Å². The summed E-state index contributed by atoms with van der Waals surface area (Å²) >= 11 is 1.57. The Kier molecular flexibility index (Phi) is 4.43. The van der Waals surface area contributed by atoms with Gasteiger partial charge in [-0.1, -0.05) is 54.6 Å². The molecule has 1 N–H and O–H groups in total. The van der Waals surface area contributed by atoms with E-state index in [2.05, 4.69) is 34.6 Å². The lowest BCUT2D eigenvalue weighted by Crippen LogP contribution is -2.51. The molecule has 1 atom stereocenters. The largest absolute Gasteiger partial charge is 0.325 e. The number of carbonyl (C=O) groups is 2. The molecule has 1 unspecified atom stereocenters. The third-order valence-corrected chi connectivity index (χ3v) is 6.69. The van der Waals surface area contributed by atoms with Crippen LogP contribution in [0.15, 0.2) is 60.0 Å². The molecule has 6 heteroatoms. The van der Waals surface area contributed by atoms with E-state index in [9.17, 15) is 9.59 Å². The zero-order valence-corrected chi connectivity index (χ0v) is 16.7. The molecule has 1 aromatic heterocycles. The molecular formula is C23H21N3O2S. The molecule has 3 amide bonds. The number of rotatable bonds is 4. The van der Waals surface area contributed by atoms with Crippen LogP contribution in [0.4, 0.5) is 4.79 Å². The molecule has 2 heterocycles. The molecule has 2 aliphatic rings. The minimum absolute atomic E-state index is 0.130. The van der Waals surface area contributed by atoms with Crippen LogP contribution in [0.3, 0.4) is 0 Å². The average molecular weight is 404 g/mol. The highest BCUT2D eigenvalue weighted by atomic mass is 32.1. The maximum atomic E-state index is 13.2. The Morgan fingerprint density at radius 3 is 2.62 bits per heavy atom. The average Bonchev–Trinajstić information content (AvgIpc) is 3.27. The standard InChI is InChI=1S/C23H21N3O2S/c27-21-23(11-10-17-8-4-5-9-18(17)13-23)25-22(28)26(21)14-19-15-29-20(24-19)12-16-6-2-1-3-7-16/h1-9,15H,10-14H2,(H,25,28). The summed E-state index contributed by atoms with van der Waals surface area (Å²) in [5.74, 6) is -0.130. The number of fused-ring (bicyclic) bond motifs is 1. The molecule has 1 fully saturated rings. The molecule has 0 saturated carbocycles. The van der Waals surface area contributed by atoms with Gasteiger partial charge >= 0.3 is 6.03 Å². The van der Waals surface area contributed by atoms with Crippen molar-refractivity contribution in [3.8, 4) is 0 Å². The molecular weight excluding hydrogens is 382 g/mol. The molecule has 1 aliphatic heterocycles. The van der Waals surface area contributed by atoms with Gasteiger partial charge in [0.05, 0.1) is 17.2 Å². The summed E-state index contributed by atoms with van der Waals surface area (Å²) in [4.78, 5) is 31.8. The van der Waals surface area contributed by atoms with Crippen LogP contribution in [-0.2, 0) is 30.6 Å². The monoisotopic (exact) mass is 403 g/mol. The summed E-state index contributed by atoms with van der Waals surface area (Å²) in [5.41, 5.74) is 3.56. The number of aryl methyl sites for hydroxylation is 1. The summed E-state index contributed by atoms with van der Waals surface area (Å²) in [5, 5.41) is 5.92. The van der Waals surface area contributed by atoms with Crippen molar-refractivity contribution < 1.29 is 9.59 Å². The fourth-order valence-corrected chi connectivity index (χ4v) is 5.10. The van der Waals surface area contributed by atoms with E-state index in [4.69, 9.17) is 0 Å². The Hall–Kier alpha value is -2.99. The first-order valence-electron chi connectivity index (χ1n) is 9.81. The van der Waals surface area contributed by atoms with Crippen molar-refractivity contribution in [2.75, 3.05) is 0 Å². The van der Waals surface area contributed by atoms with Crippen LogP contribution < -0.4 is 5.32 Å². The summed E-state index contributed by atoms with van der Waals surface area (Å²) < 4.78 is 0. The van der Waals surface area contributed by atoms with Gasteiger partial charge in [0.25, 0.3) is 5.91 Å². The Morgan fingerprint density at radius 2 is 1.79 bits per heavy atom. The van der Waals surface area contributed by atoms with Gasteiger partial charge < -0.3 is 5.32 Å². The number of amides is 3. The number of carbonyl (C=O) groups excluding carboxylic acids is 2. The minimum Gasteiger partial charge on any atom is -0.323 e. The van der Waals surface area contributed by atoms with Crippen molar-refractivity contribution in [2.45, 2.75) is 37.8 Å². The van der Waals surface area contributed by atoms with Crippen molar-refractivity contribution in [3.05, 3.63) is 87.4 Å². The number of hydrogen-bond acceptors (Lipinski definition) is 4. The second-order valence-electron chi connectivity index (χ2n) is 7.74. The first-order valence-corrected chi connectivity index (χ1v) is 10.7. The topological polar surface area (TPSA) is 62.3 Å². The molecule has 5 rings (SSSR count). The number of thiazole rings is 1. The molecule has 1 spiro atoms. The summed E-state index contributed by atoms with van der Waals surface area (Å²) in [6.07, 6.45) is 2.75. The molecule has 0 bridgehead atoms. The highest BCUT2D eigenvalue weighted by Gasteiger charge is 2.52. The van der Waals surface area contributed by atoms with Crippen LogP contribution in [-0.4, -0.2) is 27.4 Å². The number of benzene rings is 2. The third-order valence-electron chi connectivity index (χ3n) is 5.80. The quantitative estimate of drug-likeness (QED) is 0.676. The minimum atomic E-state index is -0.811. The van der Waals surface area contributed by atoms with Gasteiger partial charge in [0.15, 0.2) is 0 Å². The number of imide groups is 1. The highest BCUT2D eigenvalue weighted by Crippen LogP contribution is 2.34. The van der Waals surface area contributed by atoms with Gasteiger partial charge in [-0.15, -0.1) is 11.3 Å². The van der Waals surface area contributed by atoms with Crippen LogP contribution >= 0.6 is 11.3 Å². The summed E-state index contributed by atoms with van der Waals surface area (Å²) in [7, 11) is 0. The zero-order valence-electron chi connectivity index (χ0n) is 15.9. The van der Waals surface area contributed by atoms with E-state index in [1.54, 1.807) is 11.3 Å². The van der Waals surface area contributed by atoms with Crippen LogP contribution in [0, 0.1) is 0 Å². The van der Waals surface area contributed by atoms with Crippen molar-refractivity contribution in [1.82, 2.24) is 15.2 Å². The third kappa shape index (κ3) is 3.34. The lowest BCUT2D eigenvalue weighted by atomic mass is 9.78. The van der Waals surface area contributed by atoms with Crippen molar-refractivity contribution >= 4 is 23.3 Å². The maximum absolute atomic E-state index is 13.2. The van der Waals surface area contributed by atoms with Gasteiger partial charge in [0, 0.05) is 18.2 Å². The van der Waals surface area contributed by atoms with E-state index in [1.807, 2.05) is 35.7 Å². The van der Waals surface area contributed by atoms with E-state index in [0.29, 0.717) is 12.8 Å². The molecule has 1 aliphatic carbocycles. The van der Waals surface area contributed by atoms with E-state index in [0.717, 1.165) is 29.1 Å². The Balaban J connectivity index is 1.31. The Labute approximate surface area is 173 Å². The lowest BCUT2D eigenvalue weighted by molar-refractivity contribution is -0.132. The van der Waals surface area contributed by atoms with Gasteiger partial charge in [-0.25, -0.2) is 9.78 Å². The first kappa shape index (κ1) is 18.1. The van der Waals surface area contributed by atoms with Gasteiger partial charge in [0.2, 0.25) is 0 Å². The van der Waals surface area contributed by atoms with Crippen molar-refractivity contribution in [3.63, 3.8) is 0 Å². The number of nitrogens with zero attached hydrogens (tertiary/aromatic N) is 2. The molecule has 146 valence electrons. The van der Waals surface area contributed by atoms with Crippen LogP contribution in [0.25, 0.3) is 0 Å².